The first-order valence-electron chi connectivity index (χ1n) is 14.1. The molecule has 1 heterocycles. The topological polar surface area (TPSA) is 43.7 Å². The van der Waals surface area contributed by atoms with Crippen LogP contribution < -0.4 is 0 Å². The Bertz CT molecular complexity index is 1070. The summed E-state index contributed by atoms with van der Waals surface area (Å²) in [6.45, 7) is 5.65. The summed E-state index contributed by atoms with van der Waals surface area (Å²) in [6.07, 6.45) is 14.5. The molecule has 3 nitrogen and oxygen atoms in total. The fourth-order valence-corrected chi connectivity index (χ4v) is 6.76. The quantitative estimate of drug-likeness (QED) is 0.427. The summed E-state index contributed by atoms with van der Waals surface area (Å²) in [5.74, 6) is 1.09. The third-order valence-corrected chi connectivity index (χ3v) is 8.61. The van der Waals surface area contributed by atoms with Crippen molar-refractivity contribution in [2.75, 3.05) is 13.1 Å². The van der Waals surface area contributed by atoms with E-state index in [2.05, 4.69) is 66.4 Å². The lowest BCUT2D eigenvalue weighted by atomic mass is 9.88. The molecule has 0 unspecified atom stereocenters. The Labute approximate surface area is 217 Å². The van der Waals surface area contributed by atoms with Crippen LogP contribution in [0.2, 0.25) is 0 Å². The number of hydrogen-bond acceptors (Lipinski definition) is 3. The molecule has 1 saturated heterocycles. The summed E-state index contributed by atoms with van der Waals surface area (Å²) in [4.78, 5) is 2.60. The minimum absolute atomic E-state index is 0.142. The number of hydrogen-bond donors (Lipinski definition) is 2. The van der Waals surface area contributed by atoms with Crippen molar-refractivity contribution in [3.8, 4) is 0 Å². The van der Waals surface area contributed by atoms with Gasteiger partial charge < -0.3 is 10.2 Å². The smallest absolute Gasteiger partial charge is 0.0761 e. The second-order valence-corrected chi connectivity index (χ2v) is 11.5. The lowest BCUT2D eigenvalue weighted by molar-refractivity contribution is 0.140. The maximum Gasteiger partial charge on any atom is 0.0761 e. The number of nitrogens with zero attached hydrogens (tertiary/aromatic N) is 1. The summed E-state index contributed by atoms with van der Waals surface area (Å²) in [6, 6.07) is 17.5. The molecule has 2 aromatic rings. The molecular formula is C33H43NO2. The van der Waals surface area contributed by atoms with Gasteiger partial charge in [-0.2, -0.15) is 0 Å². The van der Waals surface area contributed by atoms with Crippen LogP contribution in [0.1, 0.15) is 60.8 Å². The molecule has 3 heteroatoms. The largest absolute Gasteiger partial charge is 0.392 e. The zero-order chi connectivity index (χ0) is 24.9. The van der Waals surface area contributed by atoms with Gasteiger partial charge in [-0.25, -0.2) is 0 Å². The normalized spacial score (nSPS) is 27.4. The molecule has 5 atom stereocenters. The van der Waals surface area contributed by atoms with E-state index in [1.54, 1.807) is 5.57 Å². The molecule has 2 aliphatic carbocycles. The van der Waals surface area contributed by atoms with E-state index in [0.717, 1.165) is 37.8 Å². The molecule has 36 heavy (non-hydrogen) atoms. The maximum atomic E-state index is 10.7. The van der Waals surface area contributed by atoms with Crippen molar-refractivity contribution in [2.45, 2.75) is 77.0 Å². The predicted molar refractivity (Wildman–Crippen MR) is 148 cm³/mol. The van der Waals surface area contributed by atoms with Crippen molar-refractivity contribution < 1.29 is 10.2 Å². The van der Waals surface area contributed by atoms with Gasteiger partial charge in [-0.15, -0.1) is 0 Å². The van der Waals surface area contributed by atoms with Crippen molar-refractivity contribution in [3.63, 3.8) is 0 Å². The van der Waals surface area contributed by atoms with Crippen LogP contribution in [0.4, 0.5) is 0 Å². The first kappa shape index (κ1) is 25.4. The van der Waals surface area contributed by atoms with Gasteiger partial charge in [0.2, 0.25) is 0 Å². The molecule has 1 saturated carbocycles. The van der Waals surface area contributed by atoms with E-state index in [9.17, 15) is 10.2 Å². The van der Waals surface area contributed by atoms with Gasteiger partial charge in [0, 0.05) is 18.9 Å². The summed E-state index contributed by atoms with van der Waals surface area (Å²) < 4.78 is 0. The van der Waals surface area contributed by atoms with Crippen LogP contribution in [0.25, 0.3) is 0 Å². The predicted octanol–water partition coefficient (Wildman–Crippen LogP) is 6.02. The minimum atomic E-state index is -0.510. The first-order chi connectivity index (χ1) is 17.5. The molecule has 5 rings (SSSR count). The highest BCUT2D eigenvalue weighted by Crippen LogP contribution is 2.48. The molecule has 0 spiro atoms. The minimum Gasteiger partial charge on any atom is -0.392 e. The Kier molecular flexibility index (Phi) is 8.41. The first-order valence-corrected chi connectivity index (χ1v) is 14.1. The number of aliphatic hydroxyl groups is 2. The van der Waals surface area contributed by atoms with E-state index in [1.165, 1.54) is 49.0 Å². The molecule has 1 aliphatic heterocycles. The Hall–Kier alpha value is -2.20. The molecular weight excluding hydrogens is 442 g/mol. The van der Waals surface area contributed by atoms with E-state index in [-0.39, 0.29) is 12.0 Å². The Morgan fingerprint density at radius 1 is 0.972 bits per heavy atom. The number of piperidine rings is 1. The van der Waals surface area contributed by atoms with Crippen LogP contribution in [0, 0.1) is 24.7 Å². The number of benzene rings is 2. The molecule has 2 aromatic carbocycles. The second kappa shape index (κ2) is 11.9. The monoisotopic (exact) mass is 485 g/mol. The molecule has 192 valence electrons. The van der Waals surface area contributed by atoms with Gasteiger partial charge in [0.15, 0.2) is 0 Å². The van der Waals surface area contributed by atoms with Gasteiger partial charge >= 0.3 is 0 Å². The van der Waals surface area contributed by atoms with E-state index in [0.29, 0.717) is 18.3 Å². The average Bonchev–Trinajstić information content (AvgIpc) is 3.38. The van der Waals surface area contributed by atoms with Gasteiger partial charge in [0.05, 0.1) is 12.2 Å². The number of allylic oxidation sites excluding steroid dienone is 2. The average molecular weight is 486 g/mol. The van der Waals surface area contributed by atoms with Gasteiger partial charge in [-0.05, 0) is 87.1 Å². The van der Waals surface area contributed by atoms with Gasteiger partial charge in [0.1, 0.15) is 0 Å². The van der Waals surface area contributed by atoms with E-state index < -0.39 is 6.10 Å². The van der Waals surface area contributed by atoms with E-state index in [4.69, 9.17) is 0 Å². The van der Waals surface area contributed by atoms with Gasteiger partial charge in [-0.3, -0.25) is 4.90 Å². The highest BCUT2D eigenvalue weighted by Gasteiger charge is 2.43. The van der Waals surface area contributed by atoms with E-state index in [1.807, 2.05) is 12.1 Å². The molecule has 0 bridgehead atoms. The summed E-state index contributed by atoms with van der Waals surface area (Å²) in [5.41, 5.74) is 6.82. The zero-order valence-electron chi connectivity index (χ0n) is 21.9. The molecule has 0 radical (unpaired) electrons. The molecule has 2 N–H and O–H groups in total. The molecule has 0 amide bonds. The van der Waals surface area contributed by atoms with Gasteiger partial charge in [-0.1, -0.05) is 84.3 Å². The van der Waals surface area contributed by atoms with Crippen LogP contribution in [-0.4, -0.2) is 40.4 Å². The Balaban J connectivity index is 1.13. The van der Waals surface area contributed by atoms with Crippen LogP contribution >= 0.6 is 0 Å². The van der Waals surface area contributed by atoms with Crippen molar-refractivity contribution in [2.24, 2.45) is 17.8 Å². The number of aliphatic hydroxyl groups excluding tert-OH is 2. The van der Waals surface area contributed by atoms with Crippen molar-refractivity contribution in [1.82, 2.24) is 4.90 Å². The standard InChI is InChI=1S/C33H43NO2/c1-24-7-5-9-26(17-24)20-30(35)13-14-31-32-21-27(19-29(32)22-33(31)36)12-11-25-8-6-10-28(18-25)23-34-15-3-2-4-16-34/h5-10,13-14,17-19,29-33,35-36H,2-4,11-12,15-16,20-23H2,1H3/b14-13+/t29-,30+,31+,32-,33+/m0/s1. The maximum absolute atomic E-state index is 10.7. The Morgan fingerprint density at radius 2 is 1.75 bits per heavy atom. The fourth-order valence-electron chi connectivity index (χ4n) is 6.76. The summed E-state index contributed by atoms with van der Waals surface area (Å²) in [5, 5.41) is 21.3. The number of fused-ring (bicyclic) bond motifs is 1. The lowest BCUT2D eigenvalue weighted by Gasteiger charge is -2.26. The fraction of sp³-hybridized carbons (Fsp3) is 0.515. The summed E-state index contributed by atoms with van der Waals surface area (Å²) >= 11 is 0. The van der Waals surface area contributed by atoms with Crippen LogP contribution in [-0.2, 0) is 19.4 Å². The van der Waals surface area contributed by atoms with Crippen LogP contribution in [0.5, 0.6) is 0 Å². The molecule has 3 aliphatic rings. The number of likely N-dealkylation sites (tertiary alicyclic amines) is 1. The zero-order valence-corrected chi connectivity index (χ0v) is 21.9. The third kappa shape index (κ3) is 6.56. The van der Waals surface area contributed by atoms with Gasteiger partial charge in [0.25, 0.3) is 0 Å². The SMILES string of the molecule is Cc1cccc(C[C@H](O)/C=C/[C@@H]2[C@H]3CC(CCc4cccc(CN5CCCCC5)c4)=C[C@H]3C[C@H]2O)c1. The Morgan fingerprint density at radius 3 is 2.58 bits per heavy atom. The van der Waals surface area contributed by atoms with E-state index >= 15 is 0 Å². The van der Waals surface area contributed by atoms with Crippen molar-refractivity contribution >= 4 is 0 Å². The second-order valence-electron chi connectivity index (χ2n) is 11.5. The molecule has 2 fully saturated rings. The number of rotatable bonds is 9. The number of aryl methyl sites for hydroxylation is 2. The third-order valence-electron chi connectivity index (χ3n) is 8.61. The van der Waals surface area contributed by atoms with Crippen molar-refractivity contribution in [3.05, 3.63) is 94.6 Å². The lowest BCUT2D eigenvalue weighted by Crippen LogP contribution is -2.29. The van der Waals surface area contributed by atoms with Crippen LogP contribution in [0.3, 0.4) is 0 Å². The van der Waals surface area contributed by atoms with Crippen LogP contribution in [0.15, 0.2) is 72.3 Å². The molecule has 0 aromatic heterocycles. The summed E-state index contributed by atoms with van der Waals surface area (Å²) in [7, 11) is 0. The highest BCUT2D eigenvalue weighted by molar-refractivity contribution is 5.27. The highest BCUT2D eigenvalue weighted by atomic mass is 16.3. The van der Waals surface area contributed by atoms with Crippen molar-refractivity contribution in [1.29, 1.82) is 0 Å².